The molecule has 1 saturated heterocycles. The number of pyridine rings is 2. The van der Waals surface area contributed by atoms with Crippen molar-refractivity contribution in [2.24, 2.45) is 0 Å². The quantitative estimate of drug-likeness (QED) is 0.360. The van der Waals surface area contributed by atoms with Crippen LogP contribution < -0.4 is 10.6 Å². The number of hydrogen-bond acceptors (Lipinski definition) is 6. The summed E-state index contributed by atoms with van der Waals surface area (Å²) in [4.78, 5) is 11.2. The van der Waals surface area contributed by atoms with E-state index in [4.69, 9.17) is 11.6 Å². The van der Waals surface area contributed by atoms with Crippen molar-refractivity contribution in [3.8, 4) is 11.3 Å². The monoisotopic (exact) mass is 528 g/mol. The van der Waals surface area contributed by atoms with Crippen molar-refractivity contribution in [2.75, 3.05) is 43.9 Å². The number of hydrogen-bond donors (Lipinski definition) is 2. The molecular weight excluding hydrogens is 494 g/mol. The first kappa shape index (κ1) is 27.2. The van der Waals surface area contributed by atoms with E-state index in [1.54, 1.807) is 12.3 Å². The van der Waals surface area contributed by atoms with E-state index < -0.39 is 0 Å². The third-order valence-electron chi connectivity index (χ3n) is 6.65. The lowest BCUT2D eigenvalue weighted by Crippen LogP contribution is -2.40. The highest BCUT2D eigenvalue weighted by Gasteiger charge is 2.15. The van der Waals surface area contributed by atoms with Crippen molar-refractivity contribution in [3.63, 3.8) is 0 Å². The molecule has 2 fully saturated rings. The summed E-state index contributed by atoms with van der Waals surface area (Å²) in [6.45, 7) is 3.34. The van der Waals surface area contributed by atoms with Crippen molar-refractivity contribution in [1.29, 1.82) is 0 Å². The van der Waals surface area contributed by atoms with Crippen LogP contribution in [0.5, 0.6) is 0 Å². The normalized spacial score (nSPS) is 17.1. The Morgan fingerprint density at radius 1 is 0.973 bits per heavy atom. The number of nitrogens with zero attached hydrogens (tertiary/aromatic N) is 4. The average Bonchev–Trinajstić information content (AvgIpc) is 2.91. The molecule has 0 unspecified atom stereocenters. The Balaban J connectivity index is 0.000000342. The lowest BCUT2D eigenvalue weighted by molar-refractivity contribution is -0.0154. The molecule has 0 bridgehead atoms. The molecule has 2 N–H and O–H groups in total. The predicted octanol–water partition coefficient (Wildman–Crippen LogP) is 6.41. The van der Waals surface area contributed by atoms with Gasteiger partial charge in [-0.1, -0.05) is 49.1 Å². The van der Waals surface area contributed by atoms with Gasteiger partial charge in [-0.05, 0) is 55.8 Å². The third kappa shape index (κ3) is 8.62. The van der Waals surface area contributed by atoms with Gasteiger partial charge in [-0.3, -0.25) is 0 Å². The fourth-order valence-corrected chi connectivity index (χ4v) is 4.67. The van der Waals surface area contributed by atoms with Gasteiger partial charge in [0.2, 0.25) is 0 Å². The summed E-state index contributed by atoms with van der Waals surface area (Å²) in [7, 11) is 2.01. The van der Waals surface area contributed by atoms with Gasteiger partial charge in [0, 0.05) is 50.5 Å². The van der Waals surface area contributed by atoms with Gasteiger partial charge in [-0.25, -0.2) is 14.4 Å². The fourth-order valence-electron chi connectivity index (χ4n) is 4.47. The first-order valence-electron chi connectivity index (χ1n) is 12.9. The Morgan fingerprint density at radius 2 is 1.73 bits per heavy atom. The maximum absolute atomic E-state index is 13.4. The largest absolute Gasteiger partial charge is 0.367 e. The number of anilines is 2. The van der Waals surface area contributed by atoms with Crippen LogP contribution in [-0.4, -0.2) is 59.3 Å². The van der Waals surface area contributed by atoms with E-state index in [0.717, 1.165) is 40.9 Å². The van der Waals surface area contributed by atoms with E-state index in [9.17, 15) is 8.87 Å². The molecule has 0 amide bonds. The molecule has 3 heterocycles. The summed E-state index contributed by atoms with van der Waals surface area (Å²) in [5.74, 6) is 1.30. The summed E-state index contributed by atoms with van der Waals surface area (Å²) in [6.07, 6.45) is 7.87. The predicted molar refractivity (Wildman–Crippen MR) is 147 cm³/mol. The molecule has 1 aliphatic carbocycles. The van der Waals surface area contributed by atoms with Crippen LogP contribution in [0.25, 0.3) is 11.3 Å². The molecule has 9 heteroatoms. The van der Waals surface area contributed by atoms with Gasteiger partial charge in [0.15, 0.2) is 0 Å². The van der Waals surface area contributed by atoms with Crippen LogP contribution in [0.1, 0.15) is 37.7 Å². The molecule has 198 valence electrons. The fraction of sp³-hybridized carbons (Fsp3) is 0.429. The molecule has 0 atom stereocenters. The molecule has 1 aliphatic heterocycles. The van der Waals surface area contributed by atoms with Gasteiger partial charge in [0.1, 0.15) is 17.5 Å². The Hall–Kier alpha value is -2.81. The molecule has 2 aromatic heterocycles. The van der Waals surface area contributed by atoms with Crippen LogP contribution >= 0.6 is 11.6 Å². The van der Waals surface area contributed by atoms with Crippen LogP contribution in [0.3, 0.4) is 0 Å². The van der Waals surface area contributed by atoms with E-state index in [-0.39, 0.29) is 5.82 Å². The minimum Gasteiger partial charge on any atom is -0.367 e. The van der Waals surface area contributed by atoms with E-state index in [1.165, 1.54) is 44.2 Å². The van der Waals surface area contributed by atoms with Gasteiger partial charge in [0.05, 0.1) is 10.7 Å². The molecule has 2 aliphatic rings. The smallest absolute Gasteiger partial charge is 0.126 e. The van der Waals surface area contributed by atoms with E-state index >= 15 is 0 Å². The number of rotatable bonds is 6. The standard InChI is InChI=1S/C23H24ClFN4.C5H11FN2/c24-20-15-27-23(28-18-8-2-1-3-9-18)13-19(20)21-10-5-11-22(29-21)26-14-16-6-4-7-17(25)12-16;1-7-2-4-8(6)5-3-7/h4-7,10-13,15,18H,1-3,8-9,14H2,(H,26,29)(H,27,28);2-5H2,1H3. The molecule has 37 heavy (non-hydrogen) atoms. The second-order valence-electron chi connectivity index (χ2n) is 9.63. The Bertz CT molecular complexity index is 1120. The summed E-state index contributed by atoms with van der Waals surface area (Å²) in [6, 6.07) is 14.7. The summed E-state index contributed by atoms with van der Waals surface area (Å²) in [5, 5.41) is 8.21. The topological polar surface area (TPSA) is 56.3 Å². The minimum absolute atomic E-state index is 0.243. The van der Waals surface area contributed by atoms with Crippen molar-refractivity contribution in [1.82, 2.24) is 20.0 Å². The molecule has 1 saturated carbocycles. The molecule has 5 rings (SSSR count). The van der Waals surface area contributed by atoms with Crippen LogP contribution in [0, 0.1) is 5.82 Å². The first-order chi connectivity index (χ1) is 18.0. The highest BCUT2D eigenvalue weighted by Crippen LogP contribution is 2.30. The number of aromatic nitrogens is 2. The van der Waals surface area contributed by atoms with Gasteiger partial charge in [-0.15, -0.1) is 9.60 Å². The molecule has 0 spiro atoms. The van der Waals surface area contributed by atoms with Gasteiger partial charge in [0.25, 0.3) is 0 Å². The van der Waals surface area contributed by atoms with Crippen LogP contribution in [-0.2, 0) is 6.54 Å². The van der Waals surface area contributed by atoms with E-state index in [1.807, 2.05) is 37.4 Å². The number of likely N-dealkylation sites (N-methyl/N-ethyl adjacent to an activating group) is 1. The molecule has 1 aromatic carbocycles. The van der Waals surface area contributed by atoms with E-state index in [0.29, 0.717) is 36.5 Å². The zero-order chi connectivity index (χ0) is 26.0. The Morgan fingerprint density at radius 3 is 2.46 bits per heavy atom. The van der Waals surface area contributed by atoms with Crippen LogP contribution in [0.4, 0.5) is 20.5 Å². The van der Waals surface area contributed by atoms with Crippen molar-refractivity contribution >= 4 is 23.2 Å². The molecule has 0 radical (unpaired) electrons. The number of benzene rings is 1. The first-order valence-corrected chi connectivity index (χ1v) is 13.3. The Kier molecular flexibility index (Phi) is 10.0. The van der Waals surface area contributed by atoms with Crippen LogP contribution in [0.15, 0.2) is 54.7 Å². The van der Waals surface area contributed by atoms with Crippen molar-refractivity contribution < 1.29 is 8.87 Å². The molecule has 6 nitrogen and oxygen atoms in total. The van der Waals surface area contributed by atoms with Crippen molar-refractivity contribution in [2.45, 2.75) is 44.7 Å². The lowest BCUT2D eigenvalue weighted by atomic mass is 9.95. The van der Waals surface area contributed by atoms with E-state index in [2.05, 4.69) is 25.5 Å². The maximum atomic E-state index is 13.4. The zero-order valence-corrected chi connectivity index (χ0v) is 22.0. The minimum atomic E-state index is -0.243. The summed E-state index contributed by atoms with van der Waals surface area (Å²) in [5.41, 5.74) is 2.47. The highest BCUT2D eigenvalue weighted by molar-refractivity contribution is 6.33. The van der Waals surface area contributed by atoms with Gasteiger partial charge in [-0.2, -0.15) is 0 Å². The second-order valence-corrected chi connectivity index (χ2v) is 10.0. The molecule has 3 aromatic rings. The average molecular weight is 529 g/mol. The third-order valence-corrected chi connectivity index (χ3v) is 6.95. The number of halogens is 3. The second kappa shape index (κ2) is 13.7. The van der Waals surface area contributed by atoms with Gasteiger partial charge < -0.3 is 15.5 Å². The van der Waals surface area contributed by atoms with Crippen molar-refractivity contribution in [3.05, 3.63) is 71.1 Å². The SMILES string of the molecule is CN1CCN(F)CC1.Fc1cccc(CNc2cccc(-c3cc(NC4CCCCC4)ncc3Cl)n2)c1. The number of nitrogens with one attached hydrogen (secondary N) is 2. The maximum Gasteiger partial charge on any atom is 0.126 e. The summed E-state index contributed by atoms with van der Waals surface area (Å²) >= 11 is 6.42. The zero-order valence-electron chi connectivity index (χ0n) is 21.3. The lowest BCUT2D eigenvalue weighted by Gasteiger charge is -2.25. The number of piperazine rings is 1. The van der Waals surface area contributed by atoms with Crippen LogP contribution in [0.2, 0.25) is 5.02 Å². The Labute approximate surface area is 223 Å². The molecular formula is C28H35ClF2N6. The highest BCUT2D eigenvalue weighted by atomic mass is 35.5. The summed E-state index contributed by atoms with van der Waals surface area (Å²) < 4.78 is 25.5. The van der Waals surface area contributed by atoms with Gasteiger partial charge >= 0.3 is 0 Å².